The van der Waals surface area contributed by atoms with Gasteiger partial charge in [-0.2, -0.15) is 0 Å². The number of ether oxygens (including phenoxy) is 1. The van der Waals surface area contributed by atoms with Gasteiger partial charge in [-0.05, 0) is 43.2 Å². The molecule has 0 aliphatic carbocycles. The Morgan fingerprint density at radius 2 is 2.00 bits per heavy atom. The van der Waals surface area contributed by atoms with E-state index in [1.807, 2.05) is 19.1 Å². The monoisotopic (exact) mass is 276 g/mol. The van der Waals surface area contributed by atoms with Crippen LogP contribution in [0.2, 0.25) is 0 Å². The van der Waals surface area contributed by atoms with Crippen molar-refractivity contribution < 1.29 is 14.6 Å². The van der Waals surface area contributed by atoms with Crippen molar-refractivity contribution in [2.75, 3.05) is 0 Å². The molecule has 1 aliphatic rings. The summed E-state index contributed by atoms with van der Waals surface area (Å²) < 4.78 is 6.05. The van der Waals surface area contributed by atoms with Gasteiger partial charge in [0.15, 0.2) is 0 Å². The number of hydrogen-bond donors (Lipinski definition) is 1. The third kappa shape index (κ3) is 2.97. The van der Waals surface area contributed by atoms with Gasteiger partial charge in [-0.15, -0.1) is 0 Å². The molecule has 1 atom stereocenters. The van der Waals surface area contributed by atoms with Crippen LogP contribution in [0.25, 0.3) is 0 Å². The first-order chi connectivity index (χ1) is 9.11. The van der Waals surface area contributed by atoms with Crippen LogP contribution in [0.5, 0.6) is 5.75 Å². The minimum absolute atomic E-state index is 0.0172. The van der Waals surface area contributed by atoms with Crippen molar-refractivity contribution >= 4 is 5.97 Å². The van der Waals surface area contributed by atoms with Crippen molar-refractivity contribution in [1.82, 2.24) is 0 Å². The smallest absolute Gasteiger partial charge is 0.303 e. The number of fused-ring (bicyclic) bond motifs is 1. The first kappa shape index (κ1) is 14.9. The molecule has 0 radical (unpaired) electrons. The molecule has 0 spiro atoms. The minimum atomic E-state index is -0.758. The average molecular weight is 276 g/mol. The largest absolute Gasteiger partial charge is 0.488 e. The van der Waals surface area contributed by atoms with E-state index in [9.17, 15) is 4.79 Å². The third-order valence-corrected chi connectivity index (χ3v) is 4.04. The van der Waals surface area contributed by atoms with Gasteiger partial charge in [0.2, 0.25) is 0 Å². The van der Waals surface area contributed by atoms with Gasteiger partial charge in [-0.25, -0.2) is 0 Å². The highest BCUT2D eigenvalue weighted by Crippen LogP contribution is 2.45. The van der Waals surface area contributed by atoms with Crippen LogP contribution in [-0.2, 0) is 10.2 Å². The molecule has 3 heteroatoms. The zero-order valence-corrected chi connectivity index (χ0v) is 13.0. The second kappa shape index (κ2) is 4.80. The zero-order chi connectivity index (χ0) is 15.1. The maximum Gasteiger partial charge on any atom is 0.303 e. The van der Waals surface area contributed by atoms with Crippen molar-refractivity contribution in [3.8, 4) is 5.75 Å². The van der Waals surface area contributed by atoms with E-state index in [0.717, 1.165) is 17.7 Å². The second-order valence-electron chi connectivity index (χ2n) is 7.18. The fourth-order valence-corrected chi connectivity index (χ4v) is 3.35. The molecule has 1 aromatic carbocycles. The first-order valence-electron chi connectivity index (χ1n) is 7.16. The number of carboxylic acid groups (broad SMARTS) is 1. The van der Waals surface area contributed by atoms with E-state index in [-0.39, 0.29) is 23.4 Å². The Morgan fingerprint density at radius 1 is 1.35 bits per heavy atom. The highest BCUT2D eigenvalue weighted by atomic mass is 16.5. The molecule has 0 aromatic heterocycles. The van der Waals surface area contributed by atoms with E-state index in [0.29, 0.717) is 0 Å². The summed E-state index contributed by atoms with van der Waals surface area (Å²) in [4.78, 5) is 10.9. The van der Waals surface area contributed by atoms with Crippen molar-refractivity contribution in [3.05, 3.63) is 29.3 Å². The summed E-state index contributed by atoms with van der Waals surface area (Å²) in [7, 11) is 0. The second-order valence-corrected chi connectivity index (χ2v) is 7.18. The maximum absolute atomic E-state index is 10.9. The van der Waals surface area contributed by atoms with E-state index < -0.39 is 5.97 Å². The van der Waals surface area contributed by atoms with Gasteiger partial charge < -0.3 is 9.84 Å². The van der Waals surface area contributed by atoms with Gasteiger partial charge in [0.25, 0.3) is 0 Å². The van der Waals surface area contributed by atoms with Crippen LogP contribution < -0.4 is 4.74 Å². The zero-order valence-electron chi connectivity index (χ0n) is 13.0. The standard InChI is InChI=1S/C17H24O3/c1-11(8-15(18)19)12-6-7-14-13(9-12)16(2,3)10-17(4,5)20-14/h6-7,9,11H,8,10H2,1-5H3,(H,18,19). The number of rotatable bonds is 3. The van der Waals surface area contributed by atoms with E-state index in [2.05, 4.69) is 33.8 Å². The normalized spacial score (nSPS) is 20.6. The van der Waals surface area contributed by atoms with Crippen molar-refractivity contribution in [2.45, 2.75) is 64.4 Å². The Labute approximate surface area is 121 Å². The van der Waals surface area contributed by atoms with Gasteiger partial charge >= 0.3 is 5.97 Å². The van der Waals surface area contributed by atoms with Gasteiger partial charge in [-0.3, -0.25) is 4.79 Å². The Morgan fingerprint density at radius 3 is 2.60 bits per heavy atom. The van der Waals surface area contributed by atoms with Gasteiger partial charge in [0.1, 0.15) is 11.4 Å². The number of hydrogen-bond acceptors (Lipinski definition) is 2. The molecule has 0 amide bonds. The van der Waals surface area contributed by atoms with Gasteiger partial charge in [0.05, 0.1) is 6.42 Å². The van der Waals surface area contributed by atoms with Crippen LogP contribution in [0.4, 0.5) is 0 Å². The lowest BCUT2D eigenvalue weighted by atomic mass is 9.73. The molecule has 3 nitrogen and oxygen atoms in total. The molecule has 1 heterocycles. The third-order valence-electron chi connectivity index (χ3n) is 4.04. The summed E-state index contributed by atoms with van der Waals surface area (Å²) in [6.07, 6.45) is 1.11. The Balaban J connectivity index is 2.39. The predicted molar refractivity (Wildman–Crippen MR) is 79.5 cm³/mol. The fraction of sp³-hybridized carbons (Fsp3) is 0.588. The van der Waals surface area contributed by atoms with E-state index in [1.54, 1.807) is 0 Å². The predicted octanol–water partition coefficient (Wildman–Crippen LogP) is 4.10. The number of carboxylic acids is 1. The molecule has 1 unspecified atom stereocenters. The lowest BCUT2D eigenvalue weighted by Crippen LogP contribution is -2.41. The van der Waals surface area contributed by atoms with Crippen molar-refractivity contribution in [3.63, 3.8) is 0 Å². The van der Waals surface area contributed by atoms with E-state index in [1.165, 1.54) is 5.56 Å². The average Bonchev–Trinajstić information content (AvgIpc) is 2.24. The topological polar surface area (TPSA) is 46.5 Å². The lowest BCUT2D eigenvalue weighted by molar-refractivity contribution is -0.137. The van der Waals surface area contributed by atoms with Crippen LogP contribution in [-0.4, -0.2) is 16.7 Å². The minimum Gasteiger partial charge on any atom is -0.488 e. The molecular weight excluding hydrogens is 252 g/mol. The Hall–Kier alpha value is -1.51. The Kier molecular flexibility index (Phi) is 3.57. The van der Waals surface area contributed by atoms with Gasteiger partial charge in [0, 0.05) is 5.56 Å². The first-order valence-corrected chi connectivity index (χ1v) is 7.16. The quantitative estimate of drug-likeness (QED) is 0.904. The fourth-order valence-electron chi connectivity index (χ4n) is 3.35. The molecule has 0 fully saturated rings. The molecule has 110 valence electrons. The summed E-state index contributed by atoms with van der Waals surface area (Å²) >= 11 is 0. The molecule has 0 saturated heterocycles. The summed E-state index contributed by atoms with van der Waals surface area (Å²) in [6, 6.07) is 6.10. The summed E-state index contributed by atoms with van der Waals surface area (Å²) in [6.45, 7) is 10.6. The molecule has 1 N–H and O–H groups in total. The van der Waals surface area contributed by atoms with Crippen LogP contribution in [0.15, 0.2) is 18.2 Å². The summed E-state index contributed by atoms with van der Waals surface area (Å²) in [5, 5.41) is 8.93. The van der Waals surface area contributed by atoms with Crippen LogP contribution >= 0.6 is 0 Å². The van der Waals surface area contributed by atoms with Crippen molar-refractivity contribution in [1.29, 1.82) is 0 Å². The highest BCUT2D eigenvalue weighted by molar-refractivity contribution is 5.68. The molecule has 1 aromatic rings. The van der Waals surface area contributed by atoms with Gasteiger partial charge in [-0.1, -0.05) is 32.9 Å². The van der Waals surface area contributed by atoms with Crippen molar-refractivity contribution in [2.24, 2.45) is 0 Å². The summed E-state index contributed by atoms with van der Waals surface area (Å²) in [5.74, 6) is 0.188. The van der Waals surface area contributed by atoms with E-state index in [4.69, 9.17) is 9.84 Å². The number of carbonyl (C=O) groups is 1. The molecule has 0 saturated carbocycles. The SMILES string of the molecule is CC(CC(=O)O)c1ccc2c(c1)C(C)(C)CC(C)(C)O2. The van der Waals surface area contributed by atoms with Crippen LogP contribution in [0.3, 0.4) is 0 Å². The molecule has 20 heavy (non-hydrogen) atoms. The van der Waals surface area contributed by atoms with Crippen LogP contribution in [0.1, 0.15) is 64.5 Å². The molecule has 2 rings (SSSR count). The maximum atomic E-state index is 10.9. The lowest BCUT2D eigenvalue weighted by Gasteiger charge is -2.42. The highest BCUT2D eigenvalue weighted by Gasteiger charge is 2.39. The van der Waals surface area contributed by atoms with Crippen LogP contribution in [0, 0.1) is 0 Å². The molecule has 0 bridgehead atoms. The van der Waals surface area contributed by atoms with E-state index >= 15 is 0 Å². The Bertz CT molecular complexity index is 529. The molecular formula is C17H24O3. The summed E-state index contributed by atoms with van der Waals surface area (Å²) in [5.41, 5.74) is 2.13. The number of benzene rings is 1. The molecule has 1 aliphatic heterocycles. The number of aliphatic carboxylic acids is 1.